The highest BCUT2D eigenvalue weighted by atomic mass is 16.3. The zero-order valence-electron chi connectivity index (χ0n) is 11.0. The summed E-state index contributed by atoms with van der Waals surface area (Å²) in [5, 5.41) is 9.63. The van der Waals surface area contributed by atoms with E-state index >= 15 is 0 Å². The Hall–Kier alpha value is -0.860. The minimum absolute atomic E-state index is 0.0426. The molecule has 1 atom stereocenters. The summed E-state index contributed by atoms with van der Waals surface area (Å²) in [6.07, 6.45) is 6.89. The molecule has 2 aliphatic rings. The van der Waals surface area contributed by atoms with E-state index in [1.807, 2.05) is 0 Å². The molecule has 0 amide bonds. The van der Waals surface area contributed by atoms with Crippen LogP contribution < -0.4 is 0 Å². The molecule has 1 unspecified atom stereocenters. The molecule has 0 bridgehead atoms. The normalized spacial score (nSPS) is 33.7. The molecule has 1 aromatic carbocycles. The van der Waals surface area contributed by atoms with Gasteiger partial charge in [-0.3, -0.25) is 4.90 Å². The summed E-state index contributed by atoms with van der Waals surface area (Å²) in [6, 6.07) is 12.2. The van der Waals surface area contributed by atoms with Crippen molar-refractivity contribution in [3.63, 3.8) is 0 Å². The van der Waals surface area contributed by atoms with Crippen molar-refractivity contribution in [2.45, 2.75) is 56.7 Å². The van der Waals surface area contributed by atoms with Crippen molar-refractivity contribution in [3.05, 3.63) is 35.9 Å². The molecule has 3 rings (SSSR count). The van der Waals surface area contributed by atoms with E-state index in [1.54, 1.807) is 0 Å². The van der Waals surface area contributed by atoms with Crippen LogP contribution in [-0.2, 0) is 0 Å². The van der Waals surface area contributed by atoms with Crippen LogP contribution in [0.1, 0.15) is 50.1 Å². The lowest BCUT2D eigenvalue weighted by Crippen LogP contribution is -2.38. The minimum Gasteiger partial charge on any atom is -0.393 e. The molecular weight excluding hydrogens is 222 g/mol. The Bertz CT molecular complexity index is 370. The number of aliphatic hydroxyl groups excluding tert-OH is 1. The second kappa shape index (κ2) is 5.41. The molecule has 98 valence electrons. The van der Waals surface area contributed by atoms with Crippen molar-refractivity contribution in [2.24, 2.45) is 0 Å². The van der Waals surface area contributed by atoms with E-state index < -0.39 is 0 Å². The Morgan fingerprint density at radius 1 is 0.944 bits per heavy atom. The van der Waals surface area contributed by atoms with Crippen LogP contribution in [0, 0.1) is 0 Å². The Morgan fingerprint density at radius 2 is 1.67 bits per heavy atom. The first-order valence-corrected chi connectivity index (χ1v) is 7.33. The van der Waals surface area contributed by atoms with Gasteiger partial charge in [-0.25, -0.2) is 0 Å². The highest BCUT2D eigenvalue weighted by Crippen LogP contribution is 2.37. The van der Waals surface area contributed by atoms with Crippen molar-refractivity contribution in [1.29, 1.82) is 0 Å². The van der Waals surface area contributed by atoms with Crippen LogP contribution in [0.3, 0.4) is 0 Å². The van der Waals surface area contributed by atoms with E-state index in [9.17, 15) is 5.11 Å². The highest BCUT2D eigenvalue weighted by molar-refractivity contribution is 5.20. The van der Waals surface area contributed by atoms with E-state index in [0.717, 1.165) is 12.8 Å². The predicted octanol–water partition coefficient (Wildman–Crippen LogP) is 3.13. The summed E-state index contributed by atoms with van der Waals surface area (Å²) in [5.74, 6) is 0. The van der Waals surface area contributed by atoms with Crippen molar-refractivity contribution in [2.75, 3.05) is 6.54 Å². The molecule has 18 heavy (non-hydrogen) atoms. The van der Waals surface area contributed by atoms with Gasteiger partial charge in [0.25, 0.3) is 0 Å². The summed E-state index contributed by atoms with van der Waals surface area (Å²) in [6.45, 7) is 1.24. The molecule has 0 aromatic heterocycles. The fourth-order valence-corrected chi connectivity index (χ4v) is 3.65. The third-order valence-electron chi connectivity index (χ3n) is 4.61. The summed E-state index contributed by atoms with van der Waals surface area (Å²) >= 11 is 0. The Labute approximate surface area is 110 Å². The second-order valence-corrected chi connectivity index (χ2v) is 5.77. The molecule has 1 aliphatic carbocycles. The zero-order chi connectivity index (χ0) is 12.4. The monoisotopic (exact) mass is 245 g/mol. The fraction of sp³-hybridized carbons (Fsp3) is 0.625. The van der Waals surface area contributed by atoms with Crippen LogP contribution in [-0.4, -0.2) is 28.7 Å². The molecule has 2 fully saturated rings. The molecule has 0 spiro atoms. The maximum absolute atomic E-state index is 9.63. The van der Waals surface area contributed by atoms with E-state index in [-0.39, 0.29) is 6.10 Å². The zero-order valence-corrected chi connectivity index (χ0v) is 11.0. The fourth-order valence-electron chi connectivity index (χ4n) is 3.65. The first kappa shape index (κ1) is 12.2. The van der Waals surface area contributed by atoms with Gasteiger partial charge < -0.3 is 5.11 Å². The molecule has 2 nitrogen and oxygen atoms in total. The summed E-state index contributed by atoms with van der Waals surface area (Å²) in [4.78, 5) is 2.70. The molecule has 2 heteroatoms. The van der Waals surface area contributed by atoms with E-state index in [0.29, 0.717) is 12.1 Å². The molecular formula is C16H23NO. The van der Waals surface area contributed by atoms with E-state index in [4.69, 9.17) is 0 Å². The molecule has 1 aromatic rings. The van der Waals surface area contributed by atoms with Gasteiger partial charge in [0.2, 0.25) is 0 Å². The van der Waals surface area contributed by atoms with Gasteiger partial charge in [0.05, 0.1) is 6.10 Å². The van der Waals surface area contributed by atoms with Crippen LogP contribution in [0.2, 0.25) is 0 Å². The largest absolute Gasteiger partial charge is 0.393 e. The summed E-state index contributed by atoms with van der Waals surface area (Å²) in [5.41, 5.74) is 1.47. The number of hydrogen-bond acceptors (Lipinski definition) is 2. The number of benzene rings is 1. The maximum atomic E-state index is 9.63. The van der Waals surface area contributed by atoms with Crippen LogP contribution in [0.25, 0.3) is 0 Å². The SMILES string of the molecule is OC1CCC(N2CCCC2c2ccccc2)CC1. The summed E-state index contributed by atoms with van der Waals surface area (Å²) in [7, 11) is 0. The molecule has 1 saturated heterocycles. The third kappa shape index (κ3) is 2.45. The topological polar surface area (TPSA) is 23.5 Å². The van der Waals surface area contributed by atoms with Crippen molar-refractivity contribution in [3.8, 4) is 0 Å². The van der Waals surface area contributed by atoms with Crippen molar-refractivity contribution >= 4 is 0 Å². The number of rotatable bonds is 2. The molecule has 1 N–H and O–H groups in total. The number of hydrogen-bond donors (Lipinski definition) is 1. The van der Waals surface area contributed by atoms with Gasteiger partial charge in [0.15, 0.2) is 0 Å². The third-order valence-corrected chi connectivity index (χ3v) is 4.61. The quantitative estimate of drug-likeness (QED) is 0.865. The average molecular weight is 245 g/mol. The minimum atomic E-state index is -0.0426. The number of aliphatic hydroxyl groups is 1. The van der Waals surface area contributed by atoms with Gasteiger partial charge in [-0.1, -0.05) is 30.3 Å². The lowest BCUT2D eigenvalue weighted by molar-refractivity contribution is 0.0679. The molecule has 1 heterocycles. The number of nitrogens with zero attached hydrogens (tertiary/aromatic N) is 1. The van der Waals surface area contributed by atoms with E-state index in [1.165, 1.54) is 37.8 Å². The van der Waals surface area contributed by atoms with Gasteiger partial charge >= 0.3 is 0 Å². The lowest BCUT2D eigenvalue weighted by Gasteiger charge is -2.37. The van der Waals surface area contributed by atoms with Crippen LogP contribution in [0.5, 0.6) is 0 Å². The van der Waals surface area contributed by atoms with Gasteiger partial charge in [0.1, 0.15) is 0 Å². The molecule has 0 radical (unpaired) electrons. The van der Waals surface area contributed by atoms with E-state index in [2.05, 4.69) is 35.2 Å². The van der Waals surface area contributed by atoms with Crippen molar-refractivity contribution < 1.29 is 5.11 Å². The van der Waals surface area contributed by atoms with Gasteiger partial charge in [-0.05, 0) is 50.6 Å². The van der Waals surface area contributed by atoms with Crippen LogP contribution in [0.15, 0.2) is 30.3 Å². The predicted molar refractivity (Wildman–Crippen MR) is 73.4 cm³/mol. The maximum Gasteiger partial charge on any atom is 0.0541 e. The average Bonchev–Trinajstić information content (AvgIpc) is 2.90. The van der Waals surface area contributed by atoms with Crippen LogP contribution >= 0.6 is 0 Å². The van der Waals surface area contributed by atoms with Gasteiger partial charge in [-0.15, -0.1) is 0 Å². The second-order valence-electron chi connectivity index (χ2n) is 5.77. The van der Waals surface area contributed by atoms with Gasteiger partial charge in [0, 0.05) is 12.1 Å². The molecule has 1 aliphatic heterocycles. The standard InChI is InChI=1S/C16H23NO/c18-15-10-8-14(9-11-15)17-12-4-7-16(17)13-5-2-1-3-6-13/h1-3,5-6,14-16,18H,4,7-12H2. The first-order chi connectivity index (χ1) is 8.84. The lowest BCUT2D eigenvalue weighted by atomic mass is 9.91. The van der Waals surface area contributed by atoms with Crippen molar-refractivity contribution in [1.82, 2.24) is 4.90 Å². The smallest absolute Gasteiger partial charge is 0.0541 e. The molecule has 1 saturated carbocycles. The highest BCUT2D eigenvalue weighted by Gasteiger charge is 2.33. The Morgan fingerprint density at radius 3 is 2.39 bits per heavy atom. The Balaban J connectivity index is 1.71. The number of likely N-dealkylation sites (tertiary alicyclic amines) is 1. The Kier molecular flexibility index (Phi) is 3.67. The summed E-state index contributed by atoms with van der Waals surface area (Å²) < 4.78 is 0. The van der Waals surface area contributed by atoms with Crippen LogP contribution in [0.4, 0.5) is 0 Å². The van der Waals surface area contributed by atoms with Gasteiger partial charge in [-0.2, -0.15) is 0 Å². The first-order valence-electron chi connectivity index (χ1n) is 7.33.